The monoisotopic (exact) mass is 411 g/mol. The van der Waals surface area contributed by atoms with Crippen LogP contribution in [0.5, 0.6) is 23.0 Å². The van der Waals surface area contributed by atoms with Crippen LogP contribution in [0.15, 0.2) is 41.0 Å². The van der Waals surface area contributed by atoms with Gasteiger partial charge in [-0.25, -0.2) is 9.79 Å². The maximum Gasteiger partial charge on any atom is 0.363 e. The second-order valence-corrected chi connectivity index (χ2v) is 6.34. The van der Waals surface area contributed by atoms with E-state index in [-0.39, 0.29) is 30.0 Å². The molecule has 0 N–H and O–H groups in total. The van der Waals surface area contributed by atoms with E-state index in [4.69, 9.17) is 41.7 Å². The molecular formula is C21H14ClNO6. The fraction of sp³-hybridized carbons (Fsp3) is 0.143. The van der Waals surface area contributed by atoms with Crippen molar-refractivity contribution in [3.8, 4) is 35.3 Å². The van der Waals surface area contributed by atoms with Gasteiger partial charge in [0.2, 0.25) is 12.7 Å². The van der Waals surface area contributed by atoms with Gasteiger partial charge in [-0.3, -0.25) is 0 Å². The van der Waals surface area contributed by atoms with E-state index in [0.29, 0.717) is 34.1 Å². The molecule has 0 bridgehead atoms. The molecule has 0 atom stereocenters. The number of ether oxygens (including phenoxy) is 5. The Morgan fingerprint density at radius 1 is 1.28 bits per heavy atom. The zero-order chi connectivity index (χ0) is 20.4. The number of methoxy groups -OCH3 is 1. The first-order chi connectivity index (χ1) is 14.1. The van der Waals surface area contributed by atoms with Crippen molar-refractivity contribution >= 4 is 29.5 Å². The van der Waals surface area contributed by atoms with Gasteiger partial charge in [0, 0.05) is 5.56 Å². The zero-order valence-corrected chi connectivity index (χ0v) is 16.0. The van der Waals surface area contributed by atoms with Gasteiger partial charge in [0.1, 0.15) is 6.61 Å². The van der Waals surface area contributed by atoms with Gasteiger partial charge in [0.05, 0.1) is 12.1 Å². The molecule has 0 aliphatic carbocycles. The average molecular weight is 412 g/mol. The highest BCUT2D eigenvalue weighted by molar-refractivity contribution is 6.32. The van der Waals surface area contributed by atoms with Crippen LogP contribution in [0, 0.1) is 12.3 Å². The number of aliphatic imine (C=N–C) groups is 1. The molecule has 4 rings (SSSR count). The molecule has 0 unspecified atom stereocenters. The summed E-state index contributed by atoms with van der Waals surface area (Å²) in [7, 11) is 1.48. The molecule has 0 saturated heterocycles. The minimum atomic E-state index is -0.583. The van der Waals surface area contributed by atoms with Crippen molar-refractivity contribution in [1.29, 1.82) is 0 Å². The summed E-state index contributed by atoms with van der Waals surface area (Å²) in [5.74, 6) is 3.86. The first-order valence-corrected chi connectivity index (χ1v) is 8.83. The maximum atomic E-state index is 12.3. The van der Waals surface area contributed by atoms with Gasteiger partial charge in [-0.1, -0.05) is 17.5 Å². The van der Waals surface area contributed by atoms with Crippen LogP contribution < -0.4 is 18.9 Å². The first-order valence-electron chi connectivity index (χ1n) is 8.45. The highest BCUT2D eigenvalue weighted by Crippen LogP contribution is 2.37. The van der Waals surface area contributed by atoms with Crippen molar-refractivity contribution in [3.63, 3.8) is 0 Å². The van der Waals surface area contributed by atoms with E-state index in [0.717, 1.165) is 0 Å². The Bertz CT molecular complexity index is 1100. The van der Waals surface area contributed by atoms with Gasteiger partial charge < -0.3 is 23.7 Å². The number of hydrogen-bond acceptors (Lipinski definition) is 7. The molecule has 0 saturated carbocycles. The molecular weight excluding hydrogens is 398 g/mol. The third kappa shape index (κ3) is 3.71. The summed E-state index contributed by atoms with van der Waals surface area (Å²) in [5, 5.41) is 0.290. The third-order valence-electron chi connectivity index (χ3n) is 4.10. The van der Waals surface area contributed by atoms with Gasteiger partial charge in [0.25, 0.3) is 0 Å². The number of cyclic esters (lactones) is 1. The minimum absolute atomic E-state index is 0.0476. The zero-order valence-electron chi connectivity index (χ0n) is 15.2. The van der Waals surface area contributed by atoms with Crippen molar-refractivity contribution in [2.45, 2.75) is 0 Å². The smallest absolute Gasteiger partial charge is 0.363 e. The SMILES string of the molecule is C#CCOc1c(Cl)cc(/C=C2\N=C(c3ccc4c(c3)OCO4)OC2=O)cc1OC. The number of benzene rings is 2. The Balaban J connectivity index is 1.65. The van der Waals surface area contributed by atoms with Crippen molar-refractivity contribution in [2.75, 3.05) is 20.5 Å². The molecule has 2 aromatic carbocycles. The minimum Gasteiger partial charge on any atom is -0.493 e. The number of fused-ring (bicyclic) bond motifs is 1. The van der Waals surface area contributed by atoms with E-state index in [1.807, 2.05) is 0 Å². The lowest BCUT2D eigenvalue weighted by molar-refractivity contribution is -0.129. The predicted octanol–water partition coefficient (Wildman–Crippen LogP) is 3.43. The van der Waals surface area contributed by atoms with Gasteiger partial charge in [-0.15, -0.1) is 6.42 Å². The van der Waals surface area contributed by atoms with Gasteiger partial charge >= 0.3 is 5.97 Å². The molecule has 2 heterocycles. The van der Waals surface area contributed by atoms with Gasteiger partial charge in [0.15, 0.2) is 28.7 Å². The van der Waals surface area contributed by atoms with Crippen LogP contribution in [0.25, 0.3) is 6.08 Å². The lowest BCUT2D eigenvalue weighted by Gasteiger charge is -2.11. The Kier molecular flexibility index (Phi) is 5.02. The lowest BCUT2D eigenvalue weighted by Crippen LogP contribution is -2.05. The normalized spacial score (nSPS) is 15.7. The summed E-state index contributed by atoms with van der Waals surface area (Å²) >= 11 is 6.27. The van der Waals surface area contributed by atoms with E-state index in [1.54, 1.807) is 36.4 Å². The van der Waals surface area contributed by atoms with Crippen LogP contribution in [0.3, 0.4) is 0 Å². The fourth-order valence-electron chi connectivity index (χ4n) is 2.80. The van der Waals surface area contributed by atoms with Crippen LogP contribution in [0.1, 0.15) is 11.1 Å². The van der Waals surface area contributed by atoms with Gasteiger partial charge in [-0.2, -0.15) is 0 Å². The van der Waals surface area contributed by atoms with E-state index in [9.17, 15) is 4.79 Å². The lowest BCUT2D eigenvalue weighted by atomic mass is 10.1. The predicted molar refractivity (Wildman–Crippen MR) is 106 cm³/mol. The van der Waals surface area contributed by atoms with Crippen molar-refractivity contribution < 1.29 is 28.5 Å². The highest BCUT2D eigenvalue weighted by atomic mass is 35.5. The molecule has 0 spiro atoms. The molecule has 0 amide bonds. The summed E-state index contributed by atoms with van der Waals surface area (Å²) in [5.41, 5.74) is 1.30. The molecule has 146 valence electrons. The molecule has 2 aliphatic rings. The molecule has 29 heavy (non-hydrogen) atoms. The van der Waals surface area contributed by atoms with Crippen LogP contribution in [0.4, 0.5) is 0 Å². The van der Waals surface area contributed by atoms with Crippen LogP contribution in [-0.4, -0.2) is 32.4 Å². The maximum absolute atomic E-state index is 12.3. The highest BCUT2D eigenvalue weighted by Gasteiger charge is 2.26. The largest absolute Gasteiger partial charge is 0.493 e. The summed E-state index contributed by atoms with van der Waals surface area (Å²) in [6.07, 6.45) is 6.76. The van der Waals surface area contributed by atoms with Crippen molar-refractivity contribution in [3.05, 3.63) is 52.2 Å². The average Bonchev–Trinajstić information content (AvgIpc) is 3.33. The number of halogens is 1. The Labute approximate surface area is 171 Å². The standard InChI is InChI=1S/C21H14ClNO6/c1-3-6-26-19-14(22)7-12(9-18(19)25-2)8-15-21(24)29-20(23-15)13-4-5-16-17(10-13)28-11-27-16/h1,4-5,7-10H,6,11H2,2H3/b15-8-. The van der Waals surface area contributed by atoms with Crippen molar-refractivity contribution in [2.24, 2.45) is 4.99 Å². The number of nitrogens with zero attached hydrogens (tertiary/aromatic N) is 1. The topological polar surface area (TPSA) is 75.6 Å². The van der Waals surface area contributed by atoms with Crippen LogP contribution >= 0.6 is 11.6 Å². The first kappa shape index (κ1) is 18.7. The molecule has 0 radical (unpaired) electrons. The molecule has 2 aliphatic heterocycles. The molecule has 0 aromatic heterocycles. The number of rotatable bonds is 5. The Morgan fingerprint density at radius 3 is 2.90 bits per heavy atom. The van der Waals surface area contributed by atoms with Gasteiger partial charge in [-0.05, 0) is 42.0 Å². The Hall–Kier alpha value is -3.63. The summed E-state index contributed by atoms with van der Waals surface area (Å²) < 4.78 is 26.6. The molecule has 7 nitrogen and oxygen atoms in total. The summed E-state index contributed by atoms with van der Waals surface area (Å²) in [6.45, 7) is 0.200. The summed E-state index contributed by atoms with van der Waals surface area (Å²) in [6, 6.07) is 8.45. The Morgan fingerprint density at radius 2 is 2.10 bits per heavy atom. The number of terminal acetylenes is 1. The number of hydrogen-bond donors (Lipinski definition) is 0. The number of carbonyl (C=O) groups is 1. The van der Waals surface area contributed by atoms with Crippen molar-refractivity contribution in [1.82, 2.24) is 0 Å². The van der Waals surface area contributed by atoms with E-state index >= 15 is 0 Å². The van der Waals surface area contributed by atoms with E-state index in [1.165, 1.54) is 7.11 Å². The number of esters is 1. The number of carbonyl (C=O) groups excluding carboxylic acids is 1. The quantitative estimate of drug-likeness (QED) is 0.426. The summed E-state index contributed by atoms with van der Waals surface area (Å²) in [4.78, 5) is 16.6. The fourth-order valence-corrected chi connectivity index (χ4v) is 3.07. The molecule has 0 fully saturated rings. The second-order valence-electron chi connectivity index (χ2n) is 5.93. The molecule has 2 aromatic rings. The third-order valence-corrected chi connectivity index (χ3v) is 4.38. The second kappa shape index (κ2) is 7.78. The van der Waals surface area contributed by atoms with Crippen LogP contribution in [-0.2, 0) is 9.53 Å². The van der Waals surface area contributed by atoms with E-state index < -0.39 is 5.97 Å². The van der Waals surface area contributed by atoms with Crippen LogP contribution in [0.2, 0.25) is 5.02 Å². The van der Waals surface area contributed by atoms with E-state index in [2.05, 4.69) is 10.9 Å². The molecule has 8 heteroatoms.